The normalized spacial score (nSPS) is 27.1. The molecule has 0 aromatic rings. The van der Waals surface area contributed by atoms with Gasteiger partial charge in [-0.15, -0.1) is 0 Å². The standard InChI is InChI=1S/C12H21N3O3/c1-9(13)10-3-2-4-14(7-10)8-11(16)15-5-6-18-12(15)17/h9-10H,2-8,13H2,1H3. The fourth-order valence-corrected chi connectivity index (χ4v) is 2.56. The number of hydrogen-bond donors (Lipinski definition) is 1. The molecule has 2 rings (SSSR count). The lowest BCUT2D eigenvalue weighted by molar-refractivity contribution is -0.129. The summed E-state index contributed by atoms with van der Waals surface area (Å²) in [6, 6.07) is 0.152. The van der Waals surface area contributed by atoms with E-state index in [1.165, 1.54) is 4.90 Å². The van der Waals surface area contributed by atoms with Crippen molar-refractivity contribution in [3.05, 3.63) is 0 Å². The monoisotopic (exact) mass is 255 g/mol. The Hall–Kier alpha value is -1.14. The molecule has 2 fully saturated rings. The number of hydrogen-bond acceptors (Lipinski definition) is 5. The number of piperidine rings is 1. The number of likely N-dealkylation sites (tertiary alicyclic amines) is 1. The number of carbonyl (C=O) groups excluding carboxylic acids is 2. The lowest BCUT2D eigenvalue weighted by atomic mass is 9.92. The van der Waals surface area contributed by atoms with Crippen molar-refractivity contribution in [2.75, 3.05) is 32.8 Å². The number of carbonyl (C=O) groups is 2. The van der Waals surface area contributed by atoms with Crippen LogP contribution < -0.4 is 5.73 Å². The lowest BCUT2D eigenvalue weighted by Crippen LogP contribution is -2.47. The molecule has 0 bridgehead atoms. The SMILES string of the molecule is CC(N)C1CCCN(CC(=O)N2CCOC2=O)C1. The van der Waals surface area contributed by atoms with Gasteiger partial charge < -0.3 is 10.5 Å². The van der Waals surface area contributed by atoms with Crippen LogP contribution in [0.2, 0.25) is 0 Å². The van der Waals surface area contributed by atoms with Gasteiger partial charge in [-0.1, -0.05) is 0 Å². The first-order chi connectivity index (χ1) is 8.58. The molecular formula is C12H21N3O3. The second-order valence-electron chi connectivity index (χ2n) is 5.16. The highest BCUT2D eigenvalue weighted by atomic mass is 16.6. The minimum absolute atomic E-state index is 0.152. The zero-order chi connectivity index (χ0) is 13.1. The first kappa shape index (κ1) is 13.3. The van der Waals surface area contributed by atoms with E-state index in [0.29, 0.717) is 25.6 Å². The van der Waals surface area contributed by atoms with Crippen molar-refractivity contribution in [1.82, 2.24) is 9.80 Å². The maximum absolute atomic E-state index is 12.0. The lowest BCUT2D eigenvalue weighted by Gasteiger charge is -2.34. The van der Waals surface area contributed by atoms with Gasteiger partial charge in [-0.2, -0.15) is 0 Å². The van der Waals surface area contributed by atoms with E-state index in [1.807, 2.05) is 6.92 Å². The Balaban J connectivity index is 1.85. The Morgan fingerprint density at radius 2 is 2.33 bits per heavy atom. The molecule has 0 aromatic carbocycles. The van der Waals surface area contributed by atoms with Crippen molar-refractivity contribution in [1.29, 1.82) is 0 Å². The molecule has 0 spiro atoms. The van der Waals surface area contributed by atoms with E-state index < -0.39 is 6.09 Å². The van der Waals surface area contributed by atoms with Crippen molar-refractivity contribution in [2.45, 2.75) is 25.8 Å². The van der Waals surface area contributed by atoms with Gasteiger partial charge in [0.25, 0.3) is 0 Å². The first-order valence-corrected chi connectivity index (χ1v) is 6.53. The second kappa shape index (κ2) is 5.67. The highest BCUT2D eigenvalue weighted by Crippen LogP contribution is 2.18. The van der Waals surface area contributed by atoms with Crippen molar-refractivity contribution < 1.29 is 14.3 Å². The van der Waals surface area contributed by atoms with Gasteiger partial charge in [-0.25, -0.2) is 9.69 Å². The molecule has 2 amide bonds. The van der Waals surface area contributed by atoms with Gasteiger partial charge in [0, 0.05) is 12.6 Å². The summed E-state index contributed by atoms with van der Waals surface area (Å²) in [6.07, 6.45) is 1.67. The molecule has 18 heavy (non-hydrogen) atoms. The Labute approximate surface area is 107 Å². The fraction of sp³-hybridized carbons (Fsp3) is 0.833. The summed E-state index contributed by atoms with van der Waals surface area (Å²) in [5.74, 6) is 0.278. The Kier molecular flexibility index (Phi) is 4.19. The maximum atomic E-state index is 12.0. The Morgan fingerprint density at radius 3 is 2.94 bits per heavy atom. The van der Waals surface area contributed by atoms with Gasteiger partial charge in [-0.3, -0.25) is 9.69 Å². The molecule has 2 N–H and O–H groups in total. The predicted molar refractivity (Wildman–Crippen MR) is 65.9 cm³/mol. The van der Waals surface area contributed by atoms with Crippen LogP contribution in [0, 0.1) is 5.92 Å². The topological polar surface area (TPSA) is 75.9 Å². The van der Waals surface area contributed by atoms with Crippen LogP contribution in [0.4, 0.5) is 4.79 Å². The molecule has 0 radical (unpaired) electrons. The van der Waals surface area contributed by atoms with Crippen LogP contribution in [0.25, 0.3) is 0 Å². The molecule has 0 saturated carbocycles. The third-order valence-electron chi connectivity index (χ3n) is 3.71. The molecule has 2 atom stereocenters. The van der Waals surface area contributed by atoms with Gasteiger partial charge in [-0.05, 0) is 32.2 Å². The van der Waals surface area contributed by atoms with Crippen molar-refractivity contribution in [3.8, 4) is 0 Å². The molecule has 2 aliphatic heterocycles. The smallest absolute Gasteiger partial charge is 0.416 e. The molecule has 2 aliphatic rings. The van der Waals surface area contributed by atoms with Gasteiger partial charge in [0.1, 0.15) is 6.61 Å². The molecule has 0 aromatic heterocycles. The summed E-state index contributed by atoms with van der Waals surface area (Å²) in [5.41, 5.74) is 5.91. The van der Waals surface area contributed by atoms with Crippen LogP contribution in [0.1, 0.15) is 19.8 Å². The van der Waals surface area contributed by atoms with E-state index in [1.54, 1.807) is 0 Å². The van der Waals surface area contributed by atoms with Crippen molar-refractivity contribution in [3.63, 3.8) is 0 Å². The molecule has 6 heteroatoms. The molecule has 2 unspecified atom stereocenters. The average Bonchev–Trinajstić information content (AvgIpc) is 2.76. The maximum Gasteiger partial charge on any atom is 0.416 e. The van der Waals surface area contributed by atoms with E-state index in [0.717, 1.165) is 25.9 Å². The summed E-state index contributed by atoms with van der Waals surface area (Å²) < 4.78 is 4.76. The molecule has 6 nitrogen and oxygen atoms in total. The molecular weight excluding hydrogens is 234 g/mol. The summed E-state index contributed by atoms with van der Waals surface area (Å²) in [5, 5.41) is 0. The van der Waals surface area contributed by atoms with E-state index in [4.69, 9.17) is 10.5 Å². The van der Waals surface area contributed by atoms with Crippen LogP contribution in [-0.4, -0.2) is 60.6 Å². The summed E-state index contributed by atoms with van der Waals surface area (Å²) >= 11 is 0. The predicted octanol–water partition coefficient (Wildman–Crippen LogP) is 0.0244. The quantitative estimate of drug-likeness (QED) is 0.769. The molecule has 0 aliphatic carbocycles. The summed E-state index contributed by atoms with van der Waals surface area (Å²) in [4.78, 5) is 26.5. The third-order valence-corrected chi connectivity index (χ3v) is 3.71. The number of imide groups is 1. The van der Waals surface area contributed by atoms with E-state index in [9.17, 15) is 9.59 Å². The minimum Gasteiger partial charge on any atom is -0.447 e. The fourth-order valence-electron chi connectivity index (χ4n) is 2.56. The van der Waals surface area contributed by atoms with Crippen LogP contribution in [0.5, 0.6) is 0 Å². The number of rotatable bonds is 3. The number of ether oxygens (including phenoxy) is 1. The van der Waals surface area contributed by atoms with Crippen LogP contribution in [0.3, 0.4) is 0 Å². The van der Waals surface area contributed by atoms with E-state index in [2.05, 4.69) is 4.90 Å². The largest absolute Gasteiger partial charge is 0.447 e. The van der Waals surface area contributed by atoms with Crippen LogP contribution >= 0.6 is 0 Å². The number of cyclic esters (lactones) is 1. The van der Waals surface area contributed by atoms with E-state index >= 15 is 0 Å². The molecule has 102 valence electrons. The molecule has 2 saturated heterocycles. The van der Waals surface area contributed by atoms with Gasteiger partial charge in [0.2, 0.25) is 5.91 Å². The zero-order valence-electron chi connectivity index (χ0n) is 10.8. The third kappa shape index (κ3) is 3.00. The number of nitrogens with two attached hydrogens (primary N) is 1. The molecule has 2 heterocycles. The van der Waals surface area contributed by atoms with Crippen molar-refractivity contribution in [2.24, 2.45) is 11.7 Å². The van der Waals surface area contributed by atoms with Gasteiger partial charge in [0.05, 0.1) is 13.1 Å². The second-order valence-corrected chi connectivity index (χ2v) is 5.16. The highest BCUT2D eigenvalue weighted by Gasteiger charge is 2.31. The van der Waals surface area contributed by atoms with Gasteiger partial charge in [0.15, 0.2) is 0 Å². The summed E-state index contributed by atoms with van der Waals surface area (Å²) in [7, 11) is 0. The van der Waals surface area contributed by atoms with E-state index in [-0.39, 0.29) is 11.9 Å². The first-order valence-electron chi connectivity index (χ1n) is 6.53. The van der Waals surface area contributed by atoms with Crippen LogP contribution in [0.15, 0.2) is 0 Å². The van der Waals surface area contributed by atoms with Crippen molar-refractivity contribution >= 4 is 12.0 Å². The zero-order valence-corrected chi connectivity index (χ0v) is 10.8. The minimum atomic E-state index is -0.513. The van der Waals surface area contributed by atoms with Crippen LogP contribution in [-0.2, 0) is 9.53 Å². The summed E-state index contributed by atoms with van der Waals surface area (Å²) in [6.45, 7) is 4.73. The Morgan fingerprint density at radius 1 is 1.56 bits per heavy atom. The number of amides is 2. The average molecular weight is 255 g/mol. The van der Waals surface area contributed by atoms with Gasteiger partial charge >= 0.3 is 6.09 Å². The number of nitrogens with zero attached hydrogens (tertiary/aromatic N) is 2. The Bertz CT molecular complexity index is 333. The highest BCUT2D eigenvalue weighted by molar-refractivity contribution is 5.94.